The second-order valence-corrected chi connectivity index (χ2v) is 8.16. The largest absolute Gasteiger partial charge is 0.369 e. The average molecular weight is 382 g/mol. The van der Waals surface area contributed by atoms with E-state index >= 15 is 0 Å². The standard InChI is InChI=1S/C22H43N3O2/c1-2-3-4-5-6-7-8-9-10-11-12-13-14-15-16-25-22(27)20-18-24-17-19(20)21(23)26/h19-20,24H,2-18H2,1H3,(H2,23,26)(H,25,27). The van der Waals surface area contributed by atoms with Crippen molar-refractivity contribution in [1.82, 2.24) is 10.6 Å². The molecule has 0 aromatic rings. The lowest BCUT2D eigenvalue weighted by Crippen LogP contribution is -2.39. The Bertz CT molecular complexity index is 401. The van der Waals surface area contributed by atoms with E-state index in [4.69, 9.17) is 5.73 Å². The Balaban J connectivity index is 1.84. The van der Waals surface area contributed by atoms with Gasteiger partial charge >= 0.3 is 0 Å². The number of carbonyl (C=O) groups is 2. The number of hydrogen-bond donors (Lipinski definition) is 3. The first-order chi connectivity index (χ1) is 13.2. The van der Waals surface area contributed by atoms with E-state index in [1.165, 1.54) is 83.5 Å². The zero-order valence-electron chi connectivity index (χ0n) is 17.6. The van der Waals surface area contributed by atoms with Crippen LogP contribution in [0.4, 0.5) is 0 Å². The quantitative estimate of drug-likeness (QED) is 0.334. The Hall–Kier alpha value is -1.10. The predicted octanol–water partition coefficient (Wildman–Crippen LogP) is 3.90. The van der Waals surface area contributed by atoms with Gasteiger partial charge in [-0.05, 0) is 6.42 Å². The first-order valence-electron chi connectivity index (χ1n) is 11.4. The van der Waals surface area contributed by atoms with Crippen molar-refractivity contribution < 1.29 is 9.59 Å². The zero-order valence-corrected chi connectivity index (χ0v) is 17.6. The predicted molar refractivity (Wildman–Crippen MR) is 112 cm³/mol. The second kappa shape index (κ2) is 15.9. The summed E-state index contributed by atoms with van der Waals surface area (Å²) >= 11 is 0. The van der Waals surface area contributed by atoms with Crippen LogP contribution in [0.1, 0.15) is 96.8 Å². The van der Waals surface area contributed by atoms with Gasteiger partial charge in [-0.3, -0.25) is 9.59 Å². The minimum atomic E-state index is -0.378. The van der Waals surface area contributed by atoms with Gasteiger partial charge in [0.25, 0.3) is 0 Å². The third kappa shape index (κ3) is 11.4. The van der Waals surface area contributed by atoms with Gasteiger partial charge in [0.05, 0.1) is 11.8 Å². The topological polar surface area (TPSA) is 84.2 Å². The molecule has 1 saturated heterocycles. The molecule has 1 aliphatic rings. The highest BCUT2D eigenvalue weighted by Crippen LogP contribution is 2.16. The number of unbranched alkanes of at least 4 members (excludes halogenated alkanes) is 13. The molecule has 0 radical (unpaired) electrons. The molecule has 4 N–H and O–H groups in total. The van der Waals surface area contributed by atoms with Crippen LogP contribution in [0.15, 0.2) is 0 Å². The summed E-state index contributed by atoms with van der Waals surface area (Å²) in [5.74, 6) is -1.06. The molecule has 0 aliphatic carbocycles. The molecule has 158 valence electrons. The molecule has 0 spiro atoms. The van der Waals surface area contributed by atoms with Gasteiger partial charge in [0.1, 0.15) is 0 Å². The van der Waals surface area contributed by atoms with E-state index in [0.717, 1.165) is 6.42 Å². The fourth-order valence-electron chi connectivity index (χ4n) is 3.92. The molecule has 27 heavy (non-hydrogen) atoms. The monoisotopic (exact) mass is 381 g/mol. The van der Waals surface area contributed by atoms with Crippen LogP contribution in [0.2, 0.25) is 0 Å². The highest BCUT2D eigenvalue weighted by atomic mass is 16.2. The first-order valence-corrected chi connectivity index (χ1v) is 11.4. The van der Waals surface area contributed by atoms with Crippen molar-refractivity contribution in [3.05, 3.63) is 0 Å². The maximum Gasteiger partial charge on any atom is 0.225 e. The Labute approximate surface area is 166 Å². The molecule has 5 nitrogen and oxygen atoms in total. The van der Waals surface area contributed by atoms with Gasteiger partial charge in [0, 0.05) is 19.6 Å². The molecule has 0 saturated carbocycles. The van der Waals surface area contributed by atoms with Crippen LogP contribution in [-0.4, -0.2) is 31.4 Å². The molecular formula is C22H43N3O2. The zero-order chi connectivity index (χ0) is 19.7. The molecule has 0 bridgehead atoms. The van der Waals surface area contributed by atoms with Gasteiger partial charge in [0.2, 0.25) is 11.8 Å². The summed E-state index contributed by atoms with van der Waals surface area (Å²) < 4.78 is 0. The SMILES string of the molecule is CCCCCCCCCCCCCCCCNC(=O)C1CNCC1C(N)=O. The van der Waals surface area contributed by atoms with Crippen LogP contribution < -0.4 is 16.4 Å². The molecule has 2 amide bonds. The van der Waals surface area contributed by atoms with E-state index in [-0.39, 0.29) is 23.7 Å². The Morgan fingerprint density at radius 3 is 1.70 bits per heavy atom. The van der Waals surface area contributed by atoms with Crippen molar-refractivity contribution in [2.24, 2.45) is 17.6 Å². The lowest BCUT2D eigenvalue weighted by molar-refractivity contribution is -0.131. The van der Waals surface area contributed by atoms with Crippen molar-refractivity contribution in [2.75, 3.05) is 19.6 Å². The van der Waals surface area contributed by atoms with Gasteiger partial charge in [-0.2, -0.15) is 0 Å². The van der Waals surface area contributed by atoms with Crippen molar-refractivity contribution in [2.45, 2.75) is 96.8 Å². The fraction of sp³-hybridized carbons (Fsp3) is 0.909. The number of amides is 2. The van der Waals surface area contributed by atoms with E-state index in [1.54, 1.807) is 0 Å². The summed E-state index contributed by atoms with van der Waals surface area (Å²) in [7, 11) is 0. The number of carbonyl (C=O) groups excluding carboxylic acids is 2. The van der Waals surface area contributed by atoms with Gasteiger partial charge in [-0.1, -0.05) is 90.4 Å². The van der Waals surface area contributed by atoms with Crippen molar-refractivity contribution >= 4 is 11.8 Å². The van der Waals surface area contributed by atoms with E-state index in [9.17, 15) is 9.59 Å². The highest BCUT2D eigenvalue weighted by molar-refractivity contribution is 5.87. The Kier molecular flexibility index (Phi) is 14.1. The molecule has 1 heterocycles. The molecule has 0 aromatic carbocycles. The molecule has 1 fully saturated rings. The molecule has 2 atom stereocenters. The lowest BCUT2D eigenvalue weighted by Gasteiger charge is -2.15. The first kappa shape index (κ1) is 23.9. The molecule has 5 heteroatoms. The molecule has 2 unspecified atom stereocenters. The fourth-order valence-corrected chi connectivity index (χ4v) is 3.92. The van der Waals surface area contributed by atoms with Crippen LogP contribution in [-0.2, 0) is 9.59 Å². The van der Waals surface area contributed by atoms with Crippen LogP contribution in [0, 0.1) is 11.8 Å². The van der Waals surface area contributed by atoms with Gasteiger partial charge in [-0.25, -0.2) is 0 Å². The van der Waals surface area contributed by atoms with E-state index < -0.39 is 0 Å². The van der Waals surface area contributed by atoms with Gasteiger partial charge in [-0.15, -0.1) is 0 Å². The van der Waals surface area contributed by atoms with Gasteiger partial charge in [0.15, 0.2) is 0 Å². The number of hydrogen-bond acceptors (Lipinski definition) is 3. The highest BCUT2D eigenvalue weighted by Gasteiger charge is 2.36. The third-order valence-corrected chi connectivity index (χ3v) is 5.75. The summed E-state index contributed by atoms with van der Waals surface area (Å²) in [4.78, 5) is 23.5. The van der Waals surface area contributed by atoms with E-state index in [2.05, 4.69) is 17.6 Å². The number of primary amides is 1. The summed E-state index contributed by atoms with van der Waals surface area (Å²) in [5.41, 5.74) is 5.35. The van der Waals surface area contributed by atoms with E-state index in [0.29, 0.717) is 19.6 Å². The summed E-state index contributed by atoms with van der Waals surface area (Å²) in [6, 6.07) is 0. The summed E-state index contributed by atoms with van der Waals surface area (Å²) in [6.07, 6.45) is 18.7. The summed E-state index contributed by atoms with van der Waals surface area (Å²) in [5, 5.41) is 6.04. The van der Waals surface area contributed by atoms with Crippen LogP contribution >= 0.6 is 0 Å². The second-order valence-electron chi connectivity index (χ2n) is 8.16. The minimum absolute atomic E-state index is 0.0292. The van der Waals surface area contributed by atoms with Crippen LogP contribution in [0.3, 0.4) is 0 Å². The molecular weight excluding hydrogens is 338 g/mol. The molecule has 0 aromatic heterocycles. The molecule has 1 rings (SSSR count). The lowest BCUT2D eigenvalue weighted by atomic mass is 9.94. The van der Waals surface area contributed by atoms with Crippen LogP contribution in [0.25, 0.3) is 0 Å². The van der Waals surface area contributed by atoms with Crippen LogP contribution in [0.5, 0.6) is 0 Å². The smallest absolute Gasteiger partial charge is 0.225 e. The van der Waals surface area contributed by atoms with Crippen molar-refractivity contribution in [3.8, 4) is 0 Å². The number of nitrogens with two attached hydrogens (primary N) is 1. The number of nitrogens with one attached hydrogen (secondary N) is 2. The Morgan fingerprint density at radius 2 is 1.22 bits per heavy atom. The normalized spacial score (nSPS) is 19.3. The minimum Gasteiger partial charge on any atom is -0.369 e. The van der Waals surface area contributed by atoms with Crippen molar-refractivity contribution in [1.29, 1.82) is 0 Å². The molecule has 1 aliphatic heterocycles. The number of rotatable bonds is 17. The average Bonchev–Trinajstić information content (AvgIpc) is 3.15. The maximum absolute atomic E-state index is 12.1. The van der Waals surface area contributed by atoms with E-state index in [1.807, 2.05) is 0 Å². The third-order valence-electron chi connectivity index (χ3n) is 5.75. The maximum atomic E-state index is 12.1. The van der Waals surface area contributed by atoms with Crippen molar-refractivity contribution in [3.63, 3.8) is 0 Å². The summed E-state index contributed by atoms with van der Waals surface area (Å²) in [6.45, 7) is 4.05. The van der Waals surface area contributed by atoms with Gasteiger partial charge < -0.3 is 16.4 Å². The Morgan fingerprint density at radius 1 is 0.778 bits per heavy atom.